The van der Waals surface area contributed by atoms with Gasteiger partial charge in [-0.05, 0) is 25.1 Å². The number of benzene rings is 1. The van der Waals surface area contributed by atoms with Gasteiger partial charge in [0.1, 0.15) is 10.8 Å². The standard InChI is InChI=1S/C16H16Cl2N4O2/c1-10-9-19-7-8-22(10)16(23)12-5-6-14(21-20-12)24-13-4-2-3-11(17)15(13)18/h2-6,10,19H,7-9H2,1H3/t10-/m0/s1. The highest BCUT2D eigenvalue weighted by atomic mass is 35.5. The molecule has 8 heteroatoms. The number of nitrogens with one attached hydrogen (secondary N) is 1. The molecular formula is C16H16Cl2N4O2. The van der Waals surface area contributed by atoms with Crippen LogP contribution < -0.4 is 10.1 Å². The third-order valence-corrected chi connectivity index (χ3v) is 4.55. The Bertz CT molecular complexity index is 739. The molecular weight excluding hydrogens is 351 g/mol. The molecule has 0 radical (unpaired) electrons. The third-order valence-electron chi connectivity index (χ3n) is 3.75. The van der Waals surface area contributed by atoms with Gasteiger partial charge in [-0.1, -0.05) is 29.3 Å². The van der Waals surface area contributed by atoms with Gasteiger partial charge in [0.15, 0.2) is 5.69 Å². The summed E-state index contributed by atoms with van der Waals surface area (Å²) in [7, 11) is 0. The Kier molecular flexibility index (Phi) is 5.18. The molecule has 24 heavy (non-hydrogen) atoms. The van der Waals surface area contributed by atoms with Crippen LogP contribution in [0.25, 0.3) is 0 Å². The predicted octanol–water partition coefficient (Wildman–Crippen LogP) is 3.01. The third kappa shape index (κ3) is 3.61. The molecule has 1 amide bonds. The molecule has 126 valence electrons. The smallest absolute Gasteiger partial charge is 0.274 e. The van der Waals surface area contributed by atoms with Crippen molar-refractivity contribution in [1.82, 2.24) is 20.4 Å². The van der Waals surface area contributed by atoms with Gasteiger partial charge in [-0.25, -0.2) is 0 Å². The number of amides is 1. The number of carbonyl (C=O) groups excluding carboxylic acids is 1. The average Bonchev–Trinajstić information content (AvgIpc) is 2.59. The van der Waals surface area contributed by atoms with E-state index in [1.807, 2.05) is 6.92 Å². The van der Waals surface area contributed by atoms with Gasteiger partial charge in [0.2, 0.25) is 5.88 Å². The fraction of sp³-hybridized carbons (Fsp3) is 0.312. The van der Waals surface area contributed by atoms with E-state index in [2.05, 4.69) is 15.5 Å². The van der Waals surface area contributed by atoms with Crippen molar-refractivity contribution in [3.05, 3.63) is 46.1 Å². The summed E-state index contributed by atoms with van der Waals surface area (Å²) in [5, 5.41) is 11.9. The van der Waals surface area contributed by atoms with Crippen LogP contribution in [0.4, 0.5) is 0 Å². The molecule has 3 rings (SSSR count). The first-order chi connectivity index (χ1) is 11.6. The van der Waals surface area contributed by atoms with Gasteiger partial charge < -0.3 is 15.0 Å². The first kappa shape index (κ1) is 17.0. The Balaban J connectivity index is 1.73. The molecule has 1 saturated heterocycles. The van der Waals surface area contributed by atoms with E-state index in [1.165, 1.54) is 0 Å². The lowest BCUT2D eigenvalue weighted by atomic mass is 10.2. The van der Waals surface area contributed by atoms with E-state index in [9.17, 15) is 4.79 Å². The molecule has 2 heterocycles. The largest absolute Gasteiger partial charge is 0.436 e. The zero-order valence-electron chi connectivity index (χ0n) is 13.0. The minimum Gasteiger partial charge on any atom is -0.436 e. The van der Waals surface area contributed by atoms with Crippen molar-refractivity contribution in [3.8, 4) is 11.6 Å². The van der Waals surface area contributed by atoms with E-state index in [1.54, 1.807) is 35.2 Å². The molecule has 1 aromatic carbocycles. The van der Waals surface area contributed by atoms with E-state index < -0.39 is 0 Å². The van der Waals surface area contributed by atoms with Crippen LogP contribution in [0.15, 0.2) is 30.3 Å². The minimum absolute atomic E-state index is 0.120. The molecule has 2 aromatic rings. The topological polar surface area (TPSA) is 67.4 Å². The SMILES string of the molecule is C[C@H]1CNCCN1C(=O)c1ccc(Oc2cccc(Cl)c2Cl)nn1. The predicted molar refractivity (Wildman–Crippen MR) is 91.9 cm³/mol. The quantitative estimate of drug-likeness (QED) is 0.904. The number of hydrogen-bond donors (Lipinski definition) is 1. The molecule has 0 spiro atoms. The van der Waals surface area contributed by atoms with Crippen LogP contribution in [0, 0.1) is 0 Å². The maximum absolute atomic E-state index is 12.5. The highest BCUT2D eigenvalue weighted by Crippen LogP contribution is 2.33. The second-order valence-corrected chi connectivity index (χ2v) is 6.25. The van der Waals surface area contributed by atoms with Crippen LogP contribution in [0.2, 0.25) is 10.0 Å². The van der Waals surface area contributed by atoms with Crippen molar-refractivity contribution in [3.63, 3.8) is 0 Å². The van der Waals surface area contributed by atoms with Crippen LogP contribution >= 0.6 is 23.2 Å². The number of hydrogen-bond acceptors (Lipinski definition) is 5. The van der Waals surface area contributed by atoms with Gasteiger partial charge in [-0.15, -0.1) is 10.2 Å². The van der Waals surface area contributed by atoms with Gasteiger partial charge in [0, 0.05) is 31.7 Å². The number of halogens is 2. The van der Waals surface area contributed by atoms with Crippen LogP contribution in [0.3, 0.4) is 0 Å². The maximum atomic E-state index is 12.5. The molecule has 1 aromatic heterocycles. The van der Waals surface area contributed by atoms with Gasteiger partial charge in [0.25, 0.3) is 5.91 Å². The summed E-state index contributed by atoms with van der Waals surface area (Å²) >= 11 is 12.0. The number of ether oxygens (including phenoxy) is 1. The van der Waals surface area contributed by atoms with Crippen LogP contribution in [0.1, 0.15) is 17.4 Å². The van der Waals surface area contributed by atoms with E-state index >= 15 is 0 Å². The number of piperazine rings is 1. The fourth-order valence-corrected chi connectivity index (χ4v) is 2.78. The first-order valence-corrected chi connectivity index (χ1v) is 8.29. The molecule has 1 aliphatic rings. The summed E-state index contributed by atoms with van der Waals surface area (Å²) in [6, 6.07) is 8.37. The van der Waals surface area contributed by atoms with Crippen LogP contribution in [0.5, 0.6) is 11.6 Å². The van der Waals surface area contributed by atoms with Crippen molar-refractivity contribution >= 4 is 29.1 Å². The molecule has 0 saturated carbocycles. The number of rotatable bonds is 3. The second kappa shape index (κ2) is 7.34. The highest BCUT2D eigenvalue weighted by Gasteiger charge is 2.25. The highest BCUT2D eigenvalue weighted by molar-refractivity contribution is 6.42. The zero-order valence-corrected chi connectivity index (χ0v) is 14.5. The van der Waals surface area contributed by atoms with Crippen molar-refractivity contribution in [2.45, 2.75) is 13.0 Å². The van der Waals surface area contributed by atoms with Crippen molar-refractivity contribution in [2.24, 2.45) is 0 Å². The fourth-order valence-electron chi connectivity index (χ4n) is 2.45. The first-order valence-electron chi connectivity index (χ1n) is 7.53. The van der Waals surface area contributed by atoms with Gasteiger partial charge in [0.05, 0.1) is 5.02 Å². The van der Waals surface area contributed by atoms with E-state index in [0.29, 0.717) is 22.3 Å². The lowest BCUT2D eigenvalue weighted by molar-refractivity contribution is 0.0648. The Labute approximate surface area is 149 Å². The molecule has 6 nitrogen and oxygen atoms in total. The number of aromatic nitrogens is 2. The Morgan fingerprint density at radius 3 is 2.83 bits per heavy atom. The minimum atomic E-state index is -0.135. The van der Waals surface area contributed by atoms with Gasteiger partial charge >= 0.3 is 0 Å². The molecule has 1 fully saturated rings. The molecule has 0 aliphatic carbocycles. The van der Waals surface area contributed by atoms with Crippen molar-refractivity contribution < 1.29 is 9.53 Å². The summed E-state index contributed by atoms with van der Waals surface area (Å²) in [5.41, 5.74) is 0.285. The summed E-state index contributed by atoms with van der Waals surface area (Å²) in [6.45, 7) is 4.19. The van der Waals surface area contributed by atoms with Crippen LogP contribution in [-0.2, 0) is 0 Å². The Hall–Kier alpha value is -1.89. The normalized spacial score (nSPS) is 17.6. The molecule has 1 aliphatic heterocycles. The van der Waals surface area contributed by atoms with E-state index in [0.717, 1.165) is 13.1 Å². The van der Waals surface area contributed by atoms with E-state index in [-0.39, 0.29) is 23.5 Å². The summed E-state index contributed by atoms with van der Waals surface area (Å²) < 4.78 is 5.57. The summed E-state index contributed by atoms with van der Waals surface area (Å²) in [4.78, 5) is 14.3. The lowest BCUT2D eigenvalue weighted by Gasteiger charge is -2.33. The Morgan fingerprint density at radius 1 is 1.29 bits per heavy atom. The lowest BCUT2D eigenvalue weighted by Crippen LogP contribution is -2.52. The van der Waals surface area contributed by atoms with Crippen molar-refractivity contribution in [1.29, 1.82) is 0 Å². The summed E-state index contributed by atoms with van der Waals surface area (Å²) in [6.07, 6.45) is 0. The van der Waals surface area contributed by atoms with E-state index in [4.69, 9.17) is 27.9 Å². The summed E-state index contributed by atoms with van der Waals surface area (Å²) in [5.74, 6) is 0.487. The van der Waals surface area contributed by atoms with Crippen molar-refractivity contribution in [2.75, 3.05) is 19.6 Å². The van der Waals surface area contributed by atoms with Gasteiger partial charge in [-0.2, -0.15) is 0 Å². The Morgan fingerprint density at radius 2 is 2.12 bits per heavy atom. The monoisotopic (exact) mass is 366 g/mol. The molecule has 1 N–H and O–H groups in total. The zero-order chi connectivity index (χ0) is 17.1. The second-order valence-electron chi connectivity index (χ2n) is 5.46. The molecule has 0 unspecified atom stereocenters. The van der Waals surface area contributed by atoms with Gasteiger partial charge in [-0.3, -0.25) is 4.79 Å². The number of carbonyl (C=O) groups is 1. The molecule has 1 atom stereocenters. The maximum Gasteiger partial charge on any atom is 0.274 e. The number of nitrogens with zero attached hydrogens (tertiary/aromatic N) is 3. The molecule has 0 bridgehead atoms. The van der Waals surface area contributed by atoms with Crippen LogP contribution in [-0.4, -0.2) is 46.7 Å². The average molecular weight is 367 g/mol.